The van der Waals surface area contributed by atoms with Crippen molar-refractivity contribution in [1.82, 2.24) is 30.6 Å². The summed E-state index contributed by atoms with van der Waals surface area (Å²) >= 11 is 0. The van der Waals surface area contributed by atoms with Crippen molar-refractivity contribution >= 4 is 33.2 Å². The van der Waals surface area contributed by atoms with Gasteiger partial charge in [-0.2, -0.15) is 10.2 Å². The third-order valence-corrected chi connectivity index (χ3v) is 6.88. The van der Waals surface area contributed by atoms with E-state index in [1.807, 2.05) is 13.0 Å². The van der Waals surface area contributed by atoms with E-state index in [0.29, 0.717) is 17.3 Å². The molecule has 1 fully saturated rings. The highest BCUT2D eigenvalue weighted by Gasteiger charge is 2.19. The summed E-state index contributed by atoms with van der Waals surface area (Å²) in [6.07, 6.45) is 2.30. The first kappa shape index (κ1) is 22.7. The Labute approximate surface area is 200 Å². The Balaban J connectivity index is 1.31. The van der Waals surface area contributed by atoms with E-state index >= 15 is 0 Å². The molecule has 4 aromatic rings. The van der Waals surface area contributed by atoms with Gasteiger partial charge < -0.3 is 10.2 Å². The van der Waals surface area contributed by atoms with Crippen LogP contribution in [0.5, 0.6) is 0 Å². The highest BCUT2D eigenvalue weighted by atomic mass is 32.2. The number of nitrogens with one attached hydrogen (secondary N) is 3. The third-order valence-electron chi connectivity index (χ3n) is 5.50. The highest BCUT2D eigenvalue weighted by molar-refractivity contribution is 7.92. The van der Waals surface area contributed by atoms with Gasteiger partial charge in [-0.05, 0) is 67.4 Å². The van der Waals surface area contributed by atoms with Gasteiger partial charge in [0, 0.05) is 36.2 Å². The molecule has 0 amide bonds. The quantitative estimate of drug-likeness (QED) is 0.352. The van der Waals surface area contributed by atoms with Crippen molar-refractivity contribution in [3.05, 3.63) is 60.0 Å². The van der Waals surface area contributed by atoms with Gasteiger partial charge in [0.05, 0.1) is 10.5 Å². The van der Waals surface area contributed by atoms with Crippen LogP contribution in [0, 0.1) is 12.7 Å². The Bertz CT molecular complexity index is 1440. The topological polar surface area (TPSA) is 142 Å². The average Bonchev–Trinajstić information content (AvgIpc) is 3.55. The predicted molar refractivity (Wildman–Crippen MR) is 128 cm³/mol. The molecule has 0 unspecified atom stereocenters. The van der Waals surface area contributed by atoms with Crippen molar-refractivity contribution in [3.8, 4) is 11.4 Å². The minimum absolute atomic E-state index is 0.0405. The van der Waals surface area contributed by atoms with E-state index < -0.39 is 15.8 Å². The minimum atomic E-state index is -3.99. The number of hydrogen-bond acceptors (Lipinski definition) is 9. The predicted octanol–water partition coefficient (Wildman–Crippen LogP) is 3.25. The summed E-state index contributed by atoms with van der Waals surface area (Å²) < 4.78 is 42.4. The number of sulfonamides is 1. The van der Waals surface area contributed by atoms with E-state index in [0.717, 1.165) is 49.6 Å². The molecule has 3 heterocycles. The number of benzene rings is 2. The third kappa shape index (κ3) is 5.04. The van der Waals surface area contributed by atoms with Crippen LogP contribution in [0.1, 0.15) is 18.5 Å². The van der Waals surface area contributed by atoms with Crippen molar-refractivity contribution in [2.24, 2.45) is 0 Å². The lowest BCUT2D eigenvalue weighted by Crippen LogP contribution is -2.19. The van der Waals surface area contributed by atoms with Crippen LogP contribution in [0.2, 0.25) is 0 Å². The fraction of sp³-hybridized carbons (Fsp3) is 0.227. The standard InChI is InChI=1S/C22H22FN9O2S/c1-14-12-20(32-10-2-3-11-32)26-22(24-14)25-15-4-6-16(7-5-15)29-35(33,34)17-8-9-19(23)18(13-17)21-27-30-31-28-21/h4-9,12-13,29H,2-3,10-11H2,1H3,(H,24,25,26)(H,27,28,30,31). The molecular formula is C22H22FN9O2S. The van der Waals surface area contributed by atoms with Crippen LogP contribution in [0.3, 0.4) is 0 Å². The molecule has 0 bridgehead atoms. The summed E-state index contributed by atoms with van der Waals surface area (Å²) in [6, 6.07) is 12.0. The summed E-state index contributed by atoms with van der Waals surface area (Å²) in [5.74, 6) is 0.662. The number of aromatic nitrogens is 6. The molecule has 0 atom stereocenters. The first-order valence-electron chi connectivity index (χ1n) is 10.9. The molecule has 35 heavy (non-hydrogen) atoms. The van der Waals surface area contributed by atoms with Crippen LogP contribution in [0.15, 0.2) is 53.4 Å². The first-order valence-corrected chi connectivity index (χ1v) is 12.4. The number of tetrazole rings is 1. The Morgan fingerprint density at radius 2 is 1.74 bits per heavy atom. The zero-order valence-electron chi connectivity index (χ0n) is 18.7. The first-order chi connectivity index (χ1) is 16.9. The molecule has 3 N–H and O–H groups in total. The maximum Gasteiger partial charge on any atom is 0.261 e. The normalized spacial score (nSPS) is 13.7. The monoisotopic (exact) mass is 495 g/mol. The lowest BCUT2D eigenvalue weighted by molar-refractivity contribution is 0.600. The molecule has 180 valence electrons. The van der Waals surface area contributed by atoms with Crippen LogP contribution in [0.25, 0.3) is 11.4 Å². The molecule has 0 radical (unpaired) electrons. The van der Waals surface area contributed by atoms with Crippen molar-refractivity contribution in [2.75, 3.05) is 28.0 Å². The van der Waals surface area contributed by atoms with Crippen molar-refractivity contribution in [2.45, 2.75) is 24.7 Å². The lowest BCUT2D eigenvalue weighted by Gasteiger charge is -2.17. The number of aryl methyl sites for hydroxylation is 1. The molecule has 1 saturated heterocycles. The second kappa shape index (κ2) is 9.25. The van der Waals surface area contributed by atoms with Gasteiger partial charge in [-0.3, -0.25) is 4.72 Å². The van der Waals surface area contributed by atoms with Crippen molar-refractivity contribution in [1.29, 1.82) is 0 Å². The van der Waals surface area contributed by atoms with E-state index in [-0.39, 0.29) is 16.3 Å². The second-order valence-corrected chi connectivity index (χ2v) is 9.75. The van der Waals surface area contributed by atoms with E-state index in [4.69, 9.17) is 0 Å². The summed E-state index contributed by atoms with van der Waals surface area (Å²) in [5, 5.41) is 16.2. The fourth-order valence-electron chi connectivity index (χ4n) is 3.80. The number of hydrogen-bond donors (Lipinski definition) is 3. The molecular weight excluding hydrogens is 473 g/mol. The van der Waals surface area contributed by atoms with Gasteiger partial charge in [0.1, 0.15) is 11.6 Å². The maximum atomic E-state index is 14.2. The van der Waals surface area contributed by atoms with Gasteiger partial charge in [0.2, 0.25) is 11.8 Å². The second-order valence-electron chi connectivity index (χ2n) is 8.07. The van der Waals surface area contributed by atoms with Gasteiger partial charge in [0.25, 0.3) is 10.0 Å². The van der Waals surface area contributed by atoms with Gasteiger partial charge in [-0.25, -0.2) is 17.8 Å². The fourth-order valence-corrected chi connectivity index (χ4v) is 4.88. The summed E-state index contributed by atoms with van der Waals surface area (Å²) in [4.78, 5) is 11.2. The Morgan fingerprint density at radius 3 is 2.46 bits per heavy atom. The molecule has 13 heteroatoms. The molecule has 5 rings (SSSR count). The van der Waals surface area contributed by atoms with E-state index in [1.165, 1.54) is 6.07 Å². The molecule has 0 aliphatic carbocycles. The van der Waals surface area contributed by atoms with Crippen LogP contribution in [-0.2, 0) is 10.0 Å². The zero-order chi connectivity index (χ0) is 24.4. The summed E-state index contributed by atoms with van der Waals surface area (Å²) in [6.45, 7) is 3.88. The van der Waals surface area contributed by atoms with Crippen LogP contribution in [0.4, 0.5) is 27.5 Å². The largest absolute Gasteiger partial charge is 0.356 e. The van der Waals surface area contributed by atoms with Gasteiger partial charge in [-0.15, -0.1) is 10.2 Å². The Hall–Kier alpha value is -4.13. The smallest absolute Gasteiger partial charge is 0.261 e. The Morgan fingerprint density at radius 1 is 1.00 bits per heavy atom. The molecule has 1 aliphatic rings. The number of nitrogens with zero attached hydrogens (tertiary/aromatic N) is 6. The van der Waals surface area contributed by atoms with Gasteiger partial charge >= 0.3 is 0 Å². The molecule has 1 aliphatic heterocycles. The lowest BCUT2D eigenvalue weighted by atomic mass is 10.2. The number of anilines is 4. The minimum Gasteiger partial charge on any atom is -0.356 e. The average molecular weight is 496 g/mol. The molecule has 2 aromatic heterocycles. The highest BCUT2D eigenvalue weighted by Crippen LogP contribution is 2.26. The van der Waals surface area contributed by atoms with Crippen LogP contribution in [-0.4, -0.2) is 52.1 Å². The van der Waals surface area contributed by atoms with Crippen molar-refractivity contribution < 1.29 is 12.8 Å². The maximum absolute atomic E-state index is 14.2. The zero-order valence-corrected chi connectivity index (χ0v) is 19.5. The molecule has 2 aromatic carbocycles. The van der Waals surface area contributed by atoms with Crippen LogP contribution >= 0.6 is 0 Å². The number of aromatic amines is 1. The summed E-state index contributed by atoms with van der Waals surface area (Å²) in [5.41, 5.74) is 1.82. The van der Waals surface area contributed by atoms with Gasteiger partial charge in [0.15, 0.2) is 0 Å². The molecule has 0 saturated carbocycles. The van der Waals surface area contributed by atoms with Gasteiger partial charge in [-0.1, -0.05) is 0 Å². The number of H-pyrrole nitrogens is 1. The number of rotatable bonds is 7. The molecule has 11 nitrogen and oxygen atoms in total. The van der Waals surface area contributed by atoms with E-state index in [2.05, 4.69) is 45.5 Å². The number of halogens is 1. The van der Waals surface area contributed by atoms with Crippen molar-refractivity contribution in [3.63, 3.8) is 0 Å². The molecule has 0 spiro atoms. The van der Waals surface area contributed by atoms with Crippen LogP contribution < -0.4 is 14.9 Å². The Kier molecular flexibility index (Phi) is 5.99. The summed E-state index contributed by atoms with van der Waals surface area (Å²) in [7, 11) is -3.99. The van der Waals surface area contributed by atoms with E-state index in [9.17, 15) is 12.8 Å². The SMILES string of the molecule is Cc1cc(N2CCCC2)nc(Nc2ccc(NS(=O)(=O)c3ccc(F)c(-c4nn[nH]n4)c3)cc2)n1. The van der Waals surface area contributed by atoms with E-state index in [1.54, 1.807) is 24.3 Å².